The first-order valence-electron chi connectivity index (χ1n) is 5.93. The highest BCUT2D eigenvalue weighted by Crippen LogP contribution is 2.20. The van der Waals surface area contributed by atoms with Gasteiger partial charge in [-0.1, -0.05) is 13.3 Å². The lowest BCUT2D eigenvalue weighted by molar-refractivity contribution is -0.152. The molecule has 0 aliphatic heterocycles. The van der Waals surface area contributed by atoms with Crippen LogP contribution in [0.4, 0.5) is 0 Å². The first kappa shape index (κ1) is 12.2. The van der Waals surface area contributed by atoms with E-state index in [4.69, 9.17) is 4.74 Å². The molecule has 0 unspecified atom stereocenters. The maximum Gasteiger partial charge on any atom is 0.313 e. The molecule has 0 heterocycles. The average Bonchev–Trinajstić information content (AvgIpc) is 2.19. The van der Waals surface area contributed by atoms with Gasteiger partial charge < -0.3 is 4.74 Å². The van der Waals surface area contributed by atoms with Gasteiger partial charge in [-0.15, -0.1) is 0 Å². The second-order valence-corrected chi connectivity index (χ2v) is 4.22. The van der Waals surface area contributed by atoms with Gasteiger partial charge in [0.05, 0.1) is 0 Å². The molecule has 3 nitrogen and oxygen atoms in total. The van der Waals surface area contributed by atoms with Crippen molar-refractivity contribution in [1.29, 1.82) is 0 Å². The smallest absolute Gasteiger partial charge is 0.313 e. The van der Waals surface area contributed by atoms with Crippen LogP contribution in [0, 0.1) is 0 Å². The molecule has 3 heteroatoms. The number of rotatable bonds is 5. The summed E-state index contributed by atoms with van der Waals surface area (Å²) in [6.45, 7) is 1.93. The Labute approximate surface area is 91.2 Å². The Bertz CT molecular complexity index is 217. The van der Waals surface area contributed by atoms with Gasteiger partial charge >= 0.3 is 5.97 Å². The third kappa shape index (κ3) is 4.96. The highest BCUT2D eigenvalue weighted by Gasteiger charge is 2.18. The summed E-state index contributed by atoms with van der Waals surface area (Å²) in [6.07, 6.45) is 6.77. The molecule has 0 amide bonds. The maximum absolute atomic E-state index is 11.4. The van der Waals surface area contributed by atoms with Gasteiger partial charge in [0.1, 0.15) is 18.3 Å². The van der Waals surface area contributed by atoms with E-state index in [2.05, 4.69) is 0 Å². The first-order chi connectivity index (χ1) is 7.22. The van der Waals surface area contributed by atoms with Crippen LogP contribution >= 0.6 is 0 Å². The quantitative estimate of drug-likeness (QED) is 0.519. The van der Waals surface area contributed by atoms with Crippen LogP contribution in [0.1, 0.15) is 58.3 Å². The SMILES string of the molecule is CCCC(=O)CC(=O)OC1CCCCC1. The van der Waals surface area contributed by atoms with E-state index in [1.165, 1.54) is 6.42 Å². The molecule has 1 fully saturated rings. The topological polar surface area (TPSA) is 43.4 Å². The lowest BCUT2D eigenvalue weighted by Gasteiger charge is -2.21. The van der Waals surface area contributed by atoms with E-state index in [0.29, 0.717) is 6.42 Å². The van der Waals surface area contributed by atoms with Crippen LogP contribution in [-0.4, -0.2) is 17.9 Å². The maximum atomic E-state index is 11.4. The highest BCUT2D eigenvalue weighted by molar-refractivity contribution is 5.95. The predicted octanol–water partition coefficient (Wildman–Crippen LogP) is 2.62. The van der Waals surface area contributed by atoms with Gasteiger partial charge in [-0.2, -0.15) is 0 Å². The number of ketones is 1. The van der Waals surface area contributed by atoms with E-state index >= 15 is 0 Å². The molecular weight excluding hydrogens is 192 g/mol. The van der Waals surface area contributed by atoms with E-state index in [1.54, 1.807) is 0 Å². The van der Waals surface area contributed by atoms with E-state index in [1.807, 2.05) is 6.92 Å². The molecule has 0 spiro atoms. The fourth-order valence-electron chi connectivity index (χ4n) is 1.94. The molecule has 0 aromatic heterocycles. The average molecular weight is 212 g/mol. The van der Waals surface area contributed by atoms with E-state index < -0.39 is 0 Å². The summed E-state index contributed by atoms with van der Waals surface area (Å²) in [5, 5.41) is 0. The Kier molecular flexibility index (Phi) is 5.37. The lowest BCUT2D eigenvalue weighted by Crippen LogP contribution is -2.22. The van der Waals surface area contributed by atoms with Crippen LogP contribution < -0.4 is 0 Å². The summed E-state index contributed by atoms with van der Waals surface area (Å²) >= 11 is 0. The molecule has 0 saturated heterocycles. The molecule has 1 aliphatic carbocycles. The Hall–Kier alpha value is -0.860. The minimum Gasteiger partial charge on any atom is -0.462 e. The summed E-state index contributed by atoms with van der Waals surface area (Å²) < 4.78 is 5.25. The van der Waals surface area contributed by atoms with E-state index in [9.17, 15) is 9.59 Å². The number of Topliss-reactive ketones (excluding diaryl/α,β-unsaturated/α-hetero) is 1. The molecule has 86 valence electrons. The van der Waals surface area contributed by atoms with Crippen molar-refractivity contribution in [2.45, 2.75) is 64.4 Å². The Morgan fingerprint density at radius 2 is 1.87 bits per heavy atom. The standard InChI is InChI=1S/C12H20O3/c1-2-6-10(13)9-12(14)15-11-7-4-3-5-8-11/h11H,2-9H2,1H3. The molecule has 0 N–H and O–H groups in total. The van der Waals surface area contributed by atoms with Crippen LogP contribution in [0.25, 0.3) is 0 Å². The van der Waals surface area contributed by atoms with Gasteiger partial charge in [0.15, 0.2) is 0 Å². The zero-order chi connectivity index (χ0) is 11.1. The number of hydrogen-bond donors (Lipinski definition) is 0. The lowest BCUT2D eigenvalue weighted by atomic mass is 9.98. The minimum absolute atomic E-state index is 0.00157. The van der Waals surface area contributed by atoms with Gasteiger partial charge in [-0.25, -0.2) is 0 Å². The third-order valence-electron chi connectivity index (χ3n) is 2.72. The van der Waals surface area contributed by atoms with Crippen LogP contribution in [0.5, 0.6) is 0 Å². The van der Waals surface area contributed by atoms with Crippen molar-refractivity contribution in [2.24, 2.45) is 0 Å². The van der Waals surface area contributed by atoms with Gasteiger partial charge in [-0.3, -0.25) is 9.59 Å². The van der Waals surface area contributed by atoms with E-state index in [0.717, 1.165) is 32.1 Å². The number of esters is 1. The molecule has 0 atom stereocenters. The van der Waals surface area contributed by atoms with Gasteiger partial charge in [0.25, 0.3) is 0 Å². The Morgan fingerprint density at radius 1 is 1.20 bits per heavy atom. The summed E-state index contributed by atoms with van der Waals surface area (Å²) in [4.78, 5) is 22.5. The zero-order valence-electron chi connectivity index (χ0n) is 9.46. The van der Waals surface area contributed by atoms with Crippen LogP contribution in [0.2, 0.25) is 0 Å². The molecule has 0 bridgehead atoms. The second-order valence-electron chi connectivity index (χ2n) is 4.22. The van der Waals surface area contributed by atoms with Crippen molar-refractivity contribution in [2.75, 3.05) is 0 Å². The molecule has 1 aliphatic rings. The number of carbonyl (C=O) groups excluding carboxylic acids is 2. The minimum atomic E-state index is -0.333. The zero-order valence-corrected chi connectivity index (χ0v) is 9.46. The Balaban J connectivity index is 2.19. The fourth-order valence-corrected chi connectivity index (χ4v) is 1.94. The van der Waals surface area contributed by atoms with E-state index in [-0.39, 0.29) is 24.3 Å². The molecule has 0 aromatic carbocycles. The second kappa shape index (κ2) is 6.59. The van der Waals surface area contributed by atoms with Crippen LogP contribution in [0.3, 0.4) is 0 Å². The molecular formula is C12H20O3. The van der Waals surface area contributed by atoms with Crippen LogP contribution in [-0.2, 0) is 14.3 Å². The van der Waals surface area contributed by atoms with Crippen molar-refractivity contribution in [3.8, 4) is 0 Å². The monoisotopic (exact) mass is 212 g/mol. The molecule has 15 heavy (non-hydrogen) atoms. The summed E-state index contributed by atoms with van der Waals surface area (Å²) in [7, 11) is 0. The third-order valence-corrected chi connectivity index (χ3v) is 2.72. The fraction of sp³-hybridized carbons (Fsp3) is 0.833. The number of hydrogen-bond acceptors (Lipinski definition) is 3. The first-order valence-corrected chi connectivity index (χ1v) is 5.93. The predicted molar refractivity (Wildman–Crippen MR) is 57.5 cm³/mol. The number of carbonyl (C=O) groups is 2. The molecule has 0 aromatic rings. The number of ether oxygens (including phenoxy) is 1. The summed E-state index contributed by atoms with van der Waals surface area (Å²) in [5.41, 5.74) is 0. The van der Waals surface area contributed by atoms with Crippen molar-refractivity contribution in [3.05, 3.63) is 0 Å². The van der Waals surface area contributed by atoms with Crippen molar-refractivity contribution in [1.82, 2.24) is 0 Å². The molecule has 1 saturated carbocycles. The highest BCUT2D eigenvalue weighted by atomic mass is 16.5. The normalized spacial score (nSPS) is 17.4. The summed E-state index contributed by atoms with van der Waals surface area (Å²) in [6, 6.07) is 0. The molecule has 0 radical (unpaired) electrons. The largest absolute Gasteiger partial charge is 0.462 e. The van der Waals surface area contributed by atoms with Gasteiger partial charge in [-0.05, 0) is 32.1 Å². The molecule has 1 rings (SSSR count). The summed E-state index contributed by atoms with van der Waals surface area (Å²) in [5.74, 6) is -0.335. The Morgan fingerprint density at radius 3 is 2.47 bits per heavy atom. The van der Waals surface area contributed by atoms with Crippen molar-refractivity contribution < 1.29 is 14.3 Å². The van der Waals surface area contributed by atoms with Crippen LogP contribution in [0.15, 0.2) is 0 Å². The van der Waals surface area contributed by atoms with Gasteiger partial charge in [0, 0.05) is 6.42 Å². The van der Waals surface area contributed by atoms with Crippen molar-refractivity contribution >= 4 is 11.8 Å². The van der Waals surface area contributed by atoms with Gasteiger partial charge in [0.2, 0.25) is 0 Å². The van der Waals surface area contributed by atoms with Crippen molar-refractivity contribution in [3.63, 3.8) is 0 Å².